The van der Waals surface area contributed by atoms with Crippen LogP contribution in [0.1, 0.15) is 18.5 Å². The van der Waals surface area contributed by atoms with E-state index in [0.29, 0.717) is 15.9 Å². The van der Waals surface area contributed by atoms with Gasteiger partial charge in [-0.1, -0.05) is 35.3 Å². The van der Waals surface area contributed by atoms with Crippen molar-refractivity contribution in [2.75, 3.05) is 12.4 Å². The van der Waals surface area contributed by atoms with Crippen LogP contribution in [0.15, 0.2) is 30.5 Å². The standard InChI is InChI=1S/C13H13Cl2N3O/c1-8(9-4-3-5-10(14)6-9)17-12-11(15)7-16-13(18-12)19-2/h3-8H,1-2H3,(H,16,17,18). The molecule has 100 valence electrons. The van der Waals surface area contributed by atoms with E-state index in [1.54, 1.807) is 0 Å². The molecule has 1 unspecified atom stereocenters. The molecule has 2 rings (SSSR count). The van der Waals surface area contributed by atoms with E-state index in [-0.39, 0.29) is 12.1 Å². The Bertz CT molecular complexity index is 578. The van der Waals surface area contributed by atoms with Crippen molar-refractivity contribution in [3.8, 4) is 6.01 Å². The van der Waals surface area contributed by atoms with Crippen LogP contribution in [0.3, 0.4) is 0 Å². The van der Waals surface area contributed by atoms with Gasteiger partial charge in [0.15, 0.2) is 5.82 Å². The summed E-state index contributed by atoms with van der Waals surface area (Å²) in [7, 11) is 1.51. The lowest BCUT2D eigenvalue weighted by molar-refractivity contribution is 0.380. The Morgan fingerprint density at radius 2 is 2.11 bits per heavy atom. The highest BCUT2D eigenvalue weighted by molar-refractivity contribution is 6.32. The Morgan fingerprint density at radius 1 is 1.32 bits per heavy atom. The van der Waals surface area contributed by atoms with Crippen LogP contribution in [0.5, 0.6) is 6.01 Å². The van der Waals surface area contributed by atoms with Gasteiger partial charge in [0.2, 0.25) is 0 Å². The van der Waals surface area contributed by atoms with E-state index in [1.165, 1.54) is 13.3 Å². The lowest BCUT2D eigenvalue weighted by Crippen LogP contribution is -2.09. The number of anilines is 1. The molecule has 0 aliphatic carbocycles. The summed E-state index contributed by atoms with van der Waals surface area (Å²) in [6, 6.07) is 7.89. The molecular weight excluding hydrogens is 285 g/mol. The monoisotopic (exact) mass is 297 g/mol. The first kappa shape index (κ1) is 13.9. The molecule has 1 aromatic carbocycles. The fourth-order valence-electron chi connectivity index (χ4n) is 1.61. The average molecular weight is 298 g/mol. The lowest BCUT2D eigenvalue weighted by atomic mass is 10.1. The summed E-state index contributed by atoms with van der Waals surface area (Å²) in [4.78, 5) is 8.09. The average Bonchev–Trinajstić information content (AvgIpc) is 2.41. The molecule has 1 N–H and O–H groups in total. The number of nitrogens with zero attached hydrogens (tertiary/aromatic N) is 2. The second-order valence-electron chi connectivity index (χ2n) is 3.97. The van der Waals surface area contributed by atoms with E-state index in [9.17, 15) is 0 Å². The summed E-state index contributed by atoms with van der Waals surface area (Å²) in [5.74, 6) is 0.529. The third-order valence-electron chi connectivity index (χ3n) is 2.61. The van der Waals surface area contributed by atoms with Crippen LogP contribution in [-0.4, -0.2) is 17.1 Å². The Morgan fingerprint density at radius 3 is 2.79 bits per heavy atom. The van der Waals surface area contributed by atoms with Crippen molar-refractivity contribution in [2.45, 2.75) is 13.0 Å². The zero-order valence-corrected chi connectivity index (χ0v) is 12.0. The fraction of sp³-hybridized carbons (Fsp3) is 0.231. The smallest absolute Gasteiger partial charge is 0.318 e. The van der Waals surface area contributed by atoms with Crippen molar-refractivity contribution in [3.05, 3.63) is 46.1 Å². The highest BCUT2D eigenvalue weighted by Crippen LogP contribution is 2.26. The van der Waals surface area contributed by atoms with Crippen molar-refractivity contribution in [1.82, 2.24) is 9.97 Å². The molecule has 6 heteroatoms. The Balaban J connectivity index is 2.21. The Hall–Kier alpha value is -1.52. The van der Waals surface area contributed by atoms with E-state index in [2.05, 4.69) is 15.3 Å². The fourth-order valence-corrected chi connectivity index (χ4v) is 1.96. The highest BCUT2D eigenvalue weighted by Gasteiger charge is 2.11. The predicted octanol–water partition coefficient (Wildman–Crippen LogP) is 3.97. The first-order valence-corrected chi connectivity index (χ1v) is 6.44. The van der Waals surface area contributed by atoms with Crippen molar-refractivity contribution >= 4 is 29.0 Å². The molecule has 0 spiro atoms. The molecule has 0 saturated carbocycles. The summed E-state index contributed by atoms with van der Waals surface area (Å²) >= 11 is 12.0. The molecular formula is C13H13Cl2N3O. The summed E-state index contributed by atoms with van der Waals surface area (Å²) in [6.45, 7) is 2.00. The number of benzene rings is 1. The zero-order chi connectivity index (χ0) is 13.8. The van der Waals surface area contributed by atoms with Crippen LogP contribution in [0.4, 0.5) is 5.82 Å². The van der Waals surface area contributed by atoms with Crippen LogP contribution >= 0.6 is 23.2 Å². The number of halogens is 2. The molecule has 0 amide bonds. The molecule has 1 atom stereocenters. The number of ether oxygens (including phenoxy) is 1. The van der Waals surface area contributed by atoms with Gasteiger partial charge in [0.05, 0.1) is 19.3 Å². The van der Waals surface area contributed by atoms with Crippen molar-refractivity contribution in [2.24, 2.45) is 0 Å². The second kappa shape index (κ2) is 6.08. The maximum atomic E-state index is 6.05. The van der Waals surface area contributed by atoms with Crippen molar-refractivity contribution in [1.29, 1.82) is 0 Å². The molecule has 2 aromatic rings. The molecule has 4 nitrogen and oxygen atoms in total. The van der Waals surface area contributed by atoms with Gasteiger partial charge in [-0.3, -0.25) is 0 Å². The van der Waals surface area contributed by atoms with Crippen LogP contribution in [-0.2, 0) is 0 Å². The number of nitrogens with one attached hydrogen (secondary N) is 1. The quantitative estimate of drug-likeness (QED) is 0.928. The molecule has 1 aromatic heterocycles. The van der Waals surface area contributed by atoms with Gasteiger partial charge in [0.1, 0.15) is 5.02 Å². The van der Waals surface area contributed by atoms with Gasteiger partial charge in [-0.2, -0.15) is 4.98 Å². The van der Waals surface area contributed by atoms with Gasteiger partial charge in [0.25, 0.3) is 0 Å². The molecule has 0 saturated heterocycles. The first-order chi connectivity index (χ1) is 9.10. The molecule has 19 heavy (non-hydrogen) atoms. The third kappa shape index (κ3) is 3.49. The van der Waals surface area contributed by atoms with Crippen molar-refractivity contribution < 1.29 is 4.74 Å². The van der Waals surface area contributed by atoms with Gasteiger partial charge in [-0.15, -0.1) is 0 Å². The van der Waals surface area contributed by atoms with Gasteiger partial charge in [-0.25, -0.2) is 4.98 Å². The molecule has 1 heterocycles. The normalized spacial score (nSPS) is 12.0. The Kier molecular flexibility index (Phi) is 4.45. The molecule has 0 radical (unpaired) electrons. The van der Waals surface area contributed by atoms with Gasteiger partial charge in [-0.05, 0) is 24.6 Å². The van der Waals surface area contributed by atoms with Gasteiger partial charge >= 0.3 is 6.01 Å². The van der Waals surface area contributed by atoms with Gasteiger partial charge < -0.3 is 10.1 Å². The predicted molar refractivity (Wildman–Crippen MR) is 77.1 cm³/mol. The van der Waals surface area contributed by atoms with E-state index in [0.717, 1.165) is 5.56 Å². The topological polar surface area (TPSA) is 47.0 Å². The number of rotatable bonds is 4. The summed E-state index contributed by atoms with van der Waals surface area (Å²) in [6.07, 6.45) is 1.50. The maximum absolute atomic E-state index is 6.05. The second-order valence-corrected chi connectivity index (χ2v) is 4.82. The summed E-state index contributed by atoms with van der Waals surface area (Å²) in [5.41, 5.74) is 1.04. The van der Waals surface area contributed by atoms with E-state index < -0.39 is 0 Å². The molecule has 0 bridgehead atoms. The number of hydrogen-bond acceptors (Lipinski definition) is 4. The molecule has 0 fully saturated rings. The highest BCUT2D eigenvalue weighted by atomic mass is 35.5. The third-order valence-corrected chi connectivity index (χ3v) is 3.12. The molecule has 0 aliphatic heterocycles. The Labute approximate surface area is 121 Å². The summed E-state index contributed by atoms with van der Waals surface area (Å²) < 4.78 is 4.97. The number of aromatic nitrogens is 2. The number of methoxy groups -OCH3 is 1. The zero-order valence-electron chi connectivity index (χ0n) is 10.5. The maximum Gasteiger partial charge on any atom is 0.318 e. The van der Waals surface area contributed by atoms with E-state index in [4.69, 9.17) is 27.9 Å². The van der Waals surface area contributed by atoms with Crippen LogP contribution in [0, 0.1) is 0 Å². The minimum Gasteiger partial charge on any atom is -0.467 e. The van der Waals surface area contributed by atoms with Crippen LogP contribution in [0.2, 0.25) is 10.0 Å². The largest absolute Gasteiger partial charge is 0.467 e. The lowest BCUT2D eigenvalue weighted by Gasteiger charge is -2.16. The van der Waals surface area contributed by atoms with E-state index >= 15 is 0 Å². The van der Waals surface area contributed by atoms with Crippen LogP contribution in [0.25, 0.3) is 0 Å². The first-order valence-electron chi connectivity index (χ1n) is 5.68. The minimum atomic E-state index is 0.0100. The minimum absolute atomic E-state index is 0.0100. The molecule has 0 aliphatic rings. The SMILES string of the molecule is COc1ncc(Cl)c(NC(C)c2cccc(Cl)c2)n1. The summed E-state index contributed by atoms with van der Waals surface area (Å²) in [5, 5.41) is 4.34. The van der Waals surface area contributed by atoms with E-state index in [1.807, 2.05) is 31.2 Å². The number of hydrogen-bond donors (Lipinski definition) is 1. The van der Waals surface area contributed by atoms with Gasteiger partial charge in [0, 0.05) is 5.02 Å². The van der Waals surface area contributed by atoms with Crippen LogP contribution < -0.4 is 10.1 Å². The van der Waals surface area contributed by atoms with Crippen molar-refractivity contribution in [3.63, 3.8) is 0 Å².